The van der Waals surface area contributed by atoms with E-state index in [2.05, 4.69) is 12.2 Å². The summed E-state index contributed by atoms with van der Waals surface area (Å²) in [6.07, 6.45) is 3.93. The summed E-state index contributed by atoms with van der Waals surface area (Å²) < 4.78 is 31.6. The van der Waals surface area contributed by atoms with Gasteiger partial charge < -0.3 is 11.1 Å². The summed E-state index contributed by atoms with van der Waals surface area (Å²) in [5.41, 5.74) is 5.18. The van der Waals surface area contributed by atoms with E-state index in [1.165, 1.54) is 19.3 Å². The van der Waals surface area contributed by atoms with Gasteiger partial charge in [-0.2, -0.15) is 8.42 Å². The van der Waals surface area contributed by atoms with Crippen LogP contribution < -0.4 is 11.1 Å². The van der Waals surface area contributed by atoms with E-state index in [4.69, 9.17) is 28.7 Å². The van der Waals surface area contributed by atoms with Crippen molar-refractivity contribution in [3.05, 3.63) is 0 Å². The summed E-state index contributed by atoms with van der Waals surface area (Å²) in [5, 5.41) is 9.89. The van der Waals surface area contributed by atoms with Crippen LogP contribution in [0.15, 0.2) is 0 Å². The van der Waals surface area contributed by atoms with E-state index in [1.54, 1.807) is 0 Å². The molecule has 1 rings (SSSR count). The summed E-state index contributed by atoms with van der Waals surface area (Å²) in [4.78, 5) is 0. The van der Waals surface area contributed by atoms with Crippen LogP contribution in [0, 0.1) is 11.3 Å². The number of hydrogen-bond donors (Lipinski definition) is 5. The van der Waals surface area contributed by atoms with Gasteiger partial charge in [-0.05, 0) is 25.7 Å². The van der Waals surface area contributed by atoms with Gasteiger partial charge in [0.2, 0.25) is 0 Å². The largest absolute Gasteiger partial charge is 0.394 e. The van der Waals surface area contributed by atoms with Gasteiger partial charge in [-0.25, -0.2) is 0 Å². The normalized spacial score (nSPS) is 18.1. The molecule has 0 saturated heterocycles. The molecule has 1 atom stereocenters. The van der Waals surface area contributed by atoms with E-state index in [0.29, 0.717) is 6.04 Å². The predicted octanol–water partition coefficient (Wildman–Crippen LogP) is 0.00527. The van der Waals surface area contributed by atoms with Crippen molar-refractivity contribution in [2.75, 3.05) is 0 Å². The van der Waals surface area contributed by atoms with E-state index in [1.807, 2.05) is 0 Å². The van der Waals surface area contributed by atoms with E-state index in [9.17, 15) is 0 Å². The van der Waals surface area contributed by atoms with Crippen molar-refractivity contribution >= 4 is 16.4 Å². The number of rotatable bonds is 2. The lowest BCUT2D eigenvalue weighted by molar-refractivity contribution is 0.258. The third-order valence-corrected chi connectivity index (χ3v) is 2.24. The Labute approximate surface area is 89.1 Å². The Morgan fingerprint density at radius 2 is 1.93 bits per heavy atom. The van der Waals surface area contributed by atoms with Crippen LogP contribution >= 0.6 is 0 Å². The van der Waals surface area contributed by atoms with Gasteiger partial charge in [0.1, 0.15) is 0 Å². The fourth-order valence-electron chi connectivity index (χ4n) is 1.30. The lowest BCUT2D eigenvalue weighted by Crippen LogP contribution is -2.43. The maximum absolute atomic E-state index is 8.74. The number of guanidine groups is 1. The first kappa shape index (κ1) is 14.1. The van der Waals surface area contributed by atoms with Crippen molar-refractivity contribution in [3.8, 4) is 0 Å². The molecule has 0 aromatic rings. The van der Waals surface area contributed by atoms with Crippen molar-refractivity contribution in [2.45, 2.75) is 32.2 Å². The molecule has 8 heteroatoms. The Kier molecular flexibility index (Phi) is 5.55. The lowest BCUT2D eigenvalue weighted by Gasteiger charge is -2.31. The highest BCUT2D eigenvalue weighted by atomic mass is 32.3. The van der Waals surface area contributed by atoms with Crippen LogP contribution in [0.3, 0.4) is 0 Å². The van der Waals surface area contributed by atoms with E-state index in [-0.39, 0.29) is 5.96 Å². The third kappa shape index (κ3) is 9.44. The smallest absolute Gasteiger partial charge is 0.370 e. The summed E-state index contributed by atoms with van der Waals surface area (Å²) in [6, 6.07) is 0.395. The lowest BCUT2D eigenvalue weighted by atomic mass is 9.80. The molecule has 0 aliphatic heterocycles. The first-order valence-electron chi connectivity index (χ1n) is 4.50. The molecular formula is C7H17N3O4S. The first-order chi connectivity index (χ1) is 6.70. The van der Waals surface area contributed by atoms with Crippen LogP contribution in [0.1, 0.15) is 26.2 Å². The second-order valence-corrected chi connectivity index (χ2v) is 4.38. The van der Waals surface area contributed by atoms with Crippen LogP contribution in [-0.2, 0) is 10.4 Å². The van der Waals surface area contributed by atoms with Gasteiger partial charge in [0.05, 0.1) is 0 Å². The molecule has 15 heavy (non-hydrogen) atoms. The van der Waals surface area contributed by atoms with Crippen LogP contribution in [0.25, 0.3) is 0 Å². The standard InChI is InChI=1S/C7H15N3.H2O4S/c1-5(10-7(8)9)6-3-2-4-6;1-5(2,3)4/h5-6H,2-4H2,1H3,(H4,8,9,10);(H2,1,2,3,4). The van der Waals surface area contributed by atoms with Gasteiger partial charge in [-0.3, -0.25) is 14.5 Å². The Balaban J connectivity index is 0.000000336. The van der Waals surface area contributed by atoms with Crippen LogP contribution in [0.2, 0.25) is 0 Å². The highest BCUT2D eigenvalue weighted by Crippen LogP contribution is 2.29. The zero-order chi connectivity index (χ0) is 12.1. The molecule has 1 saturated carbocycles. The maximum atomic E-state index is 8.74. The molecular weight excluding hydrogens is 222 g/mol. The van der Waals surface area contributed by atoms with Crippen LogP contribution in [0.4, 0.5) is 0 Å². The Hall–Kier alpha value is -0.860. The molecule has 0 aromatic carbocycles. The van der Waals surface area contributed by atoms with Gasteiger partial charge in [-0.15, -0.1) is 0 Å². The molecule has 1 aliphatic carbocycles. The average Bonchev–Trinajstić information content (AvgIpc) is 1.73. The Morgan fingerprint density at radius 3 is 2.13 bits per heavy atom. The van der Waals surface area contributed by atoms with Crippen molar-refractivity contribution in [1.29, 1.82) is 5.41 Å². The summed E-state index contributed by atoms with van der Waals surface area (Å²) in [7, 11) is -4.67. The van der Waals surface area contributed by atoms with Gasteiger partial charge in [0, 0.05) is 6.04 Å². The van der Waals surface area contributed by atoms with Gasteiger partial charge >= 0.3 is 10.4 Å². The molecule has 6 N–H and O–H groups in total. The molecule has 1 unspecified atom stereocenters. The van der Waals surface area contributed by atoms with E-state index >= 15 is 0 Å². The number of nitrogens with two attached hydrogens (primary N) is 1. The molecule has 90 valence electrons. The quantitative estimate of drug-likeness (QED) is 0.261. The number of hydrogen-bond acceptors (Lipinski definition) is 3. The SMILES string of the molecule is CC(NC(=N)N)C1CCC1.O=S(=O)(O)O. The highest BCUT2D eigenvalue weighted by Gasteiger charge is 2.23. The van der Waals surface area contributed by atoms with E-state index in [0.717, 1.165) is 5.92 Å². The minimum atomic E-state index is -4.67. The van der Waals surface area contributed by atoms with Crippen molar-refractivity contribution in [3.63, 3.8) is 0 Å². The molecule has 1 fully saturated rings. The van der Waals surface area contributed by atoms with Crippen molar-refractivity contribution in [2.24, 2.45) is 11.7 Å². The minimum absolute atomic E-state index is 0.0967. The summed E-state index contributed by atoms with van der Waals surface area (Å²) >= 11 is 0. The minimum Gasteiger partial charge on any atom is -0.370 e. The van der Waals surface area contributed by atoms with Gasteiger partial charge in [0.25, 0.3) is 0 Å². The Morgan fingerprint density at radius 1 is 1.53 bits per heavy atom. The second kappa shape index (κ2) is 5.89. The van der Waals surface area contributed by atoms with Crippen LogP contribution in [0.5, 0.6) is 0 Å². The number of nitrogens with one attached hydrogen (secondary N) is 2. The van der Waals surface area contributed by atoms with Crippen molar-refractivity contribution in [1.82, 2.24) is 5.32 Å². The molecule has 0 amide bonds. The highest BCUT2D eigenvalue weighted by molar-refractivity contribution is 7.79. The first-order valence-corrected chi connectivity index (χ1v) is 5.90. The van der Waals surface area contributed by atoms with Crippen LogP contribution in [-0.4, -0.2) is 29.5 Å². The monoisotopic (exact) mass is 239 g/mol. The molecule has 0 heterocycles. The molecule has 0 radical (unpaired) electrons. The zero-order valence-corrected chi connectivity index (χ0v) is 9.29. The average molecular weight is 239 g/mol. The second-order valence-electron chi connectivity index (χ2n) is 3.49. The topological polar surface area (TPSA) is 136 Å². The molecule has 0 aromatic heterocycles. The van der Waals surface area contributed by atoms with E-state index < -0.39 is 10.4 Å². The molecule has 7 nitrogen and oxygen atoms in total. The summed E-state index contributed by atoms with van der Waals surface area (Å²) in [5.74, 6) is 0.850. The summed E-state index contributed by atoms with van der Waals surface area (Å²) in [6.45, 7) is 2.09. The molecule has 0 bridgehead atoms. The Bertz CT molecular complexity index is 291. The fourth-order valence-corrected chi connectivity index (χ4v) is 1.30. The van der Waals surface area contributed by atoms with Crippen molar-refractivity contribution < 1.29 is 17.5 Å². The van der Waals surface area contributed by atoms with Gasteiger partial charge in [-0.1, -0.05) is 6.42 Å². The fraction of sp³-hybridized carbons (Fsp3) is 0.857. The predicted molar refractivity (Wildman–Crippen MR) is 56.0 cm³/mol. The molecule has 0 spiro atoms. The zero-order valence-electron chi connectivity index (χ0n) is 8.47. The molecule has 1 aliphatic rings. The maximum Gasteiger partial charge on any atom is 0.394 e. The van der Waals surface area contributed by atoms with Gasteiger partial charge in [0.15, 0.2) is 5.96 Å². The third-order valence-electron chi connectivity index (χ3n) is 2.24.